The Balaban J connectivity index is 2.58. The van der Waals surface area contributed by atoms with Crippen molar-refractivity contribution in [2.45, 2.75) is 53.5 Å². The third kappa shape index (κ3) is 3.26. The molecule has 2 rings (SSSR count). The maximum atomic E-state index is 11.4. The van der Waals surface area contributed by atoms with Crippen LogP contribution in [0.3, 0.4) is 0 Å². The van der Waals surface area contributed by atoms with Crippen molar-refractivity contribution in [1.82, 2.24) is 9.55 Å². The first-order valence-electron chi connectivity index (χ1n) is 7.43. The number of hydrogen-bond acceptors (Lipinski definition) is 2. The minimum Gasteiger partial charge on any atom is -0.478 e. The zero-order chi connectivity index (χ0) is 15.8. The number of carbonyl (C=O) groups is 1. The van der Waals surface area contributed by atoms with Gasteiger partial charge in [0.2, 0.25) is 0 Å². The van der Waals surface area contributed by atoms with Crippen LogP contribution >= 0.6 is 0 Å². The molecule has 0 radical (unpaired) electrons. The zero-order valence-electron chi connectivity index (χ0n) is 13.5. The van der Waals surface area contributed by atoms with Gasteiger partial charge in [0.1, 0.15) is 11.3 Å². The molecule has 2 aromatic rings. The minimum atomic E-state index is -0.920. The molecule has 0 atom stereocenters. The van der Waals surface area contributed by atoms with Gasteiger partial charge in [-0.15, -0.1) is 0 Å². The predicted octanol–water partition coefficient (Wildman–Crippen LogP) is 4.29. The molecule has 0 aliphatic rings. The standard InChI is InChI=1S/C17H24N2O2/c1-11(2)15-18-14-12(16(20)21)7-6-8-13(14)19(15)10-9-17(3,4)5/h6-8,11H,9-10H2,1-5H3,(H,20,21). The molecule has 4 nitrogen and oxygen atoms in total. The summed E-state index contributed by atoms with van der Waals surface area (Å²) in [5.74, 6) is 0.304. The largest absolute Gasteiger partial charge is 0.478 e. The fraction of sp³-hybridized carbons (Fsp3) is 0.529. The monoisotopic (exact) mass is 288 g/mol. The van der Waals surface area contributed by atoms with Crippen LogP contribution in [0.1, 0.15) is 63.1 Å². The highest BCUT2D eigenvalue weighted by atomic mass is 16.4. The third-order valence-corrected chi connectivity index (χ3v) is 3.64. The lowest BCUT2D eigenvalue weighted by Crippen LogP contribution is -2.13. The molecule has 0 spiro atoms. The number of imidazole rings is 1. The van der Waals surface area contributed by atoms with Crippen LogP contribution in [-0.2, 0) is 6.54 Å². The van der Waals surface area contributed by atoms with Crippen LogP contribution in [0.25, 0.3) is 11.0 Å². The Morgan fingerprint density at radius 2 is 2.00 bits per heavy atom. The van der Waals surface area contributed by atoms with E-state index < -0.39 is 5.97 Å². The average Bonchev–Trinajstić information content (AvgIpc) is 2.73. The summed E-state index contributed by atoms with van der Waals surface area (Å²) in [7, 11) is 0. The van der Waals surface area contributed by atoms with Crippen molar-refractivity contribution in [3.63, 3.8) is 0 Å². The van der Waals surface area contributed by atoms with Gasteiger partial charge in [-0.2, -0.15) is 0 Å². The molecule has 1 aromatic heterocycles. The van der Waals surface area contributed by atoms with Crippen molar-refractivity contribution in [2.24, 2.45) is 5.41 Å². The molecule has 4 heteroatoms. The van der Waals surface area contributed by atoms with Crippen LogP contribution in [0.2, 0.25) is 0 Å². The van der Waals surface area contributed by atoms with E-state index in [1.54, 1.807) is 12.1 Å². The Kier molecular flexibility index (Phi) is 4.08. The van der Waals surface area contributed by atoms with Gasteiger partial charge >= 0.3 is 5.97 Å². The lowest BCUT2D eigenvalue weighted by atomic mass is 9.92. The van der Waals surface area contributed by atoms with Gasteiger partial charge in [-0.1, -0.05) is 40.7 Å². The zero-order valence-corrected chi connectivity index (χ0v) is 13.5. The van der Waals surface area contributed by atoms with Crippen molar-refractivity contribution in [3.8, 4) is 0 Å². The molecular formula is C17H24N2O2. The van der Waals surface area contributed by atoms with Crippen molar-refractivity contribution >= 4 is 17.0 Å². The van der Waals surface area contributed by atoms with Crippen molar-refractivity contribution in [2.75, 3.05) is 0 Å². The molecule has 0 unspecified atom stereocenters. The molecule has 0 saturated heterocycles. The second-order valence-corrected chi connectivity index (χ2v) is 7.07. The maximum absolute atomic E-state index is 11.4. The number of aromatic nitrogens is 2. The Morgan fingerprint density at radius 3 is 2.52 bits per heavy atom. The molecule has 114 valence electrons. The van der Waals surface area contributed by atoms with E-state index in [1.165, 1.54) is 0 Å². The van der Waals surface area contributed by atoms with E-state index in [1.807, 2.05) is 6.07 Å². The Labute approximate surface area is 125 Å². The summed E-state index contributed by atoms with van der Waals surface area (Å²) in [4.78, 5) is 16.0. The van der Waals surface area contributed by atoms with Gasteiger partial charge in [0, 0.05) is 12.5 Å². The fourth-order valence-corrected chi connectivity index (χ4v) is 2.46. The quantitative estimate of drug-likeness (QED) is 0.912. The molecule has 21 heavy (non-hydrogen) atoms. The number of para-hydroxylation sites is 1. The van der Waals surface area contributed by atoms with Gasteiger partial charge in [-0.05, 0) is 24.0 Å². The van der Waals surface area contributed by atoms with E-state index in [4.69, 9.17) is 0 Å². The summed E-state index contributed by atoms with van der Waals surface area (Å²) in [5.41, 5.74) is 2.03. The summed E-state index contributed by atoms with van der Waals surface area (Å²) in [6.45, 7) is 11.7. The van der Waals surface area contributed by atoms with Gasteiger partial charge in [-0.3, -0.25) is 0 Å². The van der Waals surface area contributed by atoms with E-state index in [0.29, 0.717) is 5.52 Å². The molecule has 1 aromatic carbocycles. The molecule has 1 heterocycles. The van der Waals surface area contributed by atoms with Crippen LogP contribution in [-0.4, -0.2) is 20.6 Å². The van der Waals surface area contributed by atoms with E-state index in [2.05, 4.69) is 44.2 Å². The summed E-state index contributed by atoms with van der Waals surface area (Å²) < 4.78 is 2.18. The van der Waals surface area contributed by atoms with Crippen molar-refractivity contribution < 1.29 is 9.90 Å². The summed E-state index contributed by atoms with van der Waals surface area (Å²) in [5, 5.41) is 9.33. The highest BCUT2D eigenvalue weighted by molar-refractivity contribution is 6.01. The normalized spacial score (nSPS) is 12.3. The molecule has 0 bridgehead atoms. The second-order valence-electron chi connectivity index (χ2n) is 7.07. The van der Waals surface area contributed by atoms with Crippen LogP contribution in [0, 0.1) is 5.41 Å². The first-order chi connectivity index (χ1) is 9.70. The van der Waals surface area contributed by atoms with Gasteiger partial charge in [-0.25, -0.2) is 9.78 Å². The van der Waals surface area contributed by atoms with Gasteiger partial charge < -0.3 is 9.67 Å². The highest BCUT2D eigenvalue weighted by Gasteiger charge is 2.20. The first kappa shape index (κ1) is 15.5. The van der Waals surface area contributed by atoms with E-state index in [0.717, 1.165) is 24.3 Å². The smallest absolute Gasteiger partial charge is 0.337 e. The van der Waals surface area contributed by atoms with Gasteiger partial charge in [0.25, 0.3) is 0 Å². The molecule has 0 amide bonds. The lowest BCUT2D eigenvalue weighted by Gasteiger charge is -2.20. The molecule has 0 saturated carbocycles. The second kappa shape index (κ2) is 5.51. The first-order valence-corrected chi connectivity index (χ1v) is 7.43. The van der Waals surface area contributed by atoms with E-state index in [9.17, 15) is 9.90 Å². The average molecular weight is 288 g/mol. The number of rotatable bonds is 4. The number of aryl methyl sites for hydroxylation is 1. The van der Waals surface area contributed by atoms with Crippen LogP contribution in [0.4, 0.5) is 0 Å². The summed E-state index contributed by atoms with van der Waals surface area (Å²) in [6.07, 6.45) is 1.02. The predicted molar refractivity (Wildman–Crippen MR) is 84.9 cm³/mol. The summed E-state index contributed by atoms with van der Waals surface area (Å²) >= 11 is 0. The number of benzene rings is 1. The summed E-state index contributed by atoms with van der Waals surface area (Å²) in [6, 6.07) is 5.38. The number of nitrogens with zero attached hydrogens (tertiary/aromatic N) is 2. The van der Waals surface area contributed by atoms with Gasteiger partial charge in [0.15, 0.2) is 0 Å². The van der Waals surface area contributed by atoms with Crippen LogP contribution in [0.15, 0.2) is 18.2 Å². The Morgan fingerprint density at radius 1 is 1.33 bits per heavy atom. The van der Waals surface area contributed by atoms with Crippen molar-refractivity contribution in [1.29, 1.82) is 0 Å². The maximum Gasteiger partial charge on any atom is 0.337 e. The Bertz CT molecular complexity index is 663. The molecule has 0 aliphatic carbocycles. The van der Waals surface area contributed by atoms with Gasteiger partial charge in [0.05, 0.1) is 11.1 Å². The molecule has 0 fully saturated rings. The van der Waals surface area contributed by atoms with Crippen LogP contribution < -0.4 is 0 Å². The van der Waals surface area contributed by atoms with Crippen molar-refractivity contribution in [3.05, 3.63) is 29.6 Å². The van der Waals surface area contributed by atoms with Crippen LogP contribution in [0.5, 0.6) is 0 Å². The van der Waals surface area contributed by atoms with E-state index >= 15 is 0 Å². The topological polar surface area (TPSA) is 55.1 Å². The highest BCUT2D eigenvalue weighted by Crippen LogP contribution is 2.27. The number of aromatic carboxylic acids is 1. The molecular weight excluding hydrogens is 264 g/mol. The minimum absolute atomic E-state index is 0.231. The lowest BCUT2D eigenvalue weighted by molar-refractivity contribution is 0.0699. The SMILES string of the molecule is CC(C)c1nc2c(C(=O)O)cccc2n1CCC(C)(C)C. The Hall–Kier alpha value is -1.84. The number of hydrogen-bond donors (Lipinski definition) is 1. The number of carboxylic acid groups (broad SMARTS) is 1. The van der Waals surface area contributed by atoms with E-state index in [-0.39, 0.29) is 16.9 Å². The number of fused-ring (bicyclic) bond motifs is 1. The molecule has 1 N–H and O–H groups in total. The number of carboxylic acids is 1. The molecule has 0 aliphatic heterocycles. The fourth-order valence-electron chi connectivity index (χ4n) is 2.46. The third-order valence-electron chi connectivity index (χ3n) is 3.64.